The van der Waals surface area contributed by atoms with Crippen LogP contribution in [0.25, 0.3) is 0 Å². The average Bonchev–Trinajstić information content (AvgIpc) is 2.57. The first-order valence-corrected chi connectivity index (χ1v) is 7.70. The van der Waals surface area contributed by atoms with E-state index in [2.05, 4.69) is 10.1 Å². The minimum atomic E-state index is -3.01. The number of nitrogens with zero attached hydrogens (tertiary/aromatic N) is 1. The van der Waals surface area contributed by atoms with Crippen LogP contribution in [0.15, 0.2) is 36.4 Å². The van der Waals surface area contributed by atoms with E-state index in [0.29, 0.717) is 11.1 Å². The molecule has 0 fully saturated rings. The van der Waals surface area contributed by atoms with Crippen LogP contribution >= 0.6 is 0 Å². The lowest BCUT2D eigenvalue weighted by Crippen LogP contribution is -2.31. The summed E-state index contributed by atoms with van der Waals surface area (Å²) in [5.41, 5.74) is 1.28. The summed E-state index contributed by atoms with van der Waals surface area (Å²) in [7, 11) is 2.86. The molecule has 5 nitrogen and oxygen atoms in total. The van der Waals surface area contributed by atoms with Crippen molar-refractivity contribution in [2.75, 3.05) is 19.5 Å². The van der Waals surface area contributed by atoms with Crippen molar-refractivity contribution >= 4 is 11.7 Å². The highest BCUT2D eigenvalue weighted by Gasteiger charge is 2.17. The predicted molar refractivity (Wildman–Crippen MR) is 91.2 cm³/mol. The van der Waals surface area contributed by atoms with Crippen molar-refractivity contribution < 1.29 is 27.4 Å². The third kappa shape index (κ3) is 4.81. The number of benzene rings is 2. The van der Waals surface area contributed by atoms with Crippen LogP contribution in [0.3, 0.4) is 0 Å². The molecule has 2 rings (SSSR count). The van der Waals surface area contributed by atoms with Gasteiger partial charge in [0.25, 0.3) is 0 Å². The van der Waals surface area contributed by atoms with Gasteiger partial charge in [0.15, 0.2) is 11.6 Å². The van der Waals surface area contributed by atoms with Crippen LogP contribution in [0.2, 0.25) is 0 Å². The Labute approximate surface area is 149 Å². The Morgan fingerprint density at radius 3 is 2.58 bits per heavy atom. The number of methoxy groups -OCH3 is 1. The number of alkyl halides is 2. The average molecular weight is 368 g/mol. The van der Waals surface area contributed by atoms with E-state index in [-0.39, 0.29) is 23.7 Å². The zero-order valence-corrected chi connectivity index (χ0v) is 14.6. The third-order valence-electron chi connectivity index (χ3n) is 3.67. The summed E-state index contributed by atoms with van der Waals surface area (Å²) in [6.45, 7) is -1.23. The van der Waals surface area contributed by atoms with Crippen molar-refractivity contribution in [1.82, 2.24) is 4.90 Å². The molecule has 0 atom stereocenters. The van der Waals surface area contributed by atoms with E-state index in [9.17, 15) is 18.0 Å². The molecule has 0 aromatic heterocycles. The lowest BCUT2D eigenvalue weighted by molar-refractivity contribution is -0.0493. The van der Waals surface area contributed by atoms with E-state index in [1.807, 2.05) is 0 Å². The van der Waals surface area contributed by atoms with Crippen LogP contribution in [-0.2, 0) is 6.54 Å². The number of hydrogen-bond acceptors (Lipinski definition) is 3. The van der Waals surface area contributed by atoms with Gasteiger partial charge < -0.3 is 19.7 Å². The van der Waals surface area contributed by atoms with E-state index in [1.165, 1.54) is 37.3 Å². The van der Waals surface area contributed by atoms with Gasteiger partial charge in [-0.1, -0.05) is 18.2 Å². The maximum atomic E-state index is 13.7. The Morgan fingerprint density at radius 2 is 1.96 bits per heavy atom. The van der Waals surface area contributed by atoms with Gasteiger partial charge in [-0.3, -0.25) is 0 Å². The Balaban J connectivity index is 2.11. The first kappa shape index (κ1) is 19.4. The van der Waals surface area contributed by atoms with Gasteiger partial charge in [-0.25, -0.2) is 9.18 Å². The number of aryl methyl sites for hydroxylation is 1. The summed E-state index contributed by atoms with van der Waals surface area (Å²) in [5, 5.41) is 2.55. The fourth-order valence-electron chi connectivity index (χ4n) is 2.35. The van der Waals surface area contributed by atoms with Crippen LogP contribution < -0.4 is 14.8 Å². The van der Waals surface area contributed by atoms with E-state index >= 15 is 0 Å². The van der Waals surface area contributed by atoms with Crippen LogP contribution in [0.1, 0.15) is 11.1 Å². The number of ether oxygens (including phenoxy) is 2. The molecule has 0 radical (unpaired) electrons. The van der Waals surface area contributed by atoms with Crippen LogP contribution in [0.4, 0.5) is 23.7 Å². The van der Waals surface area contributed by atoms with Crippen molar-refractivity contribution in [3.8, 4) is 11.5 Å². The standard InChI is InChI=1S/C18H19F3N2O3/c1-11-5-4-6-15(26-17(20)21)16(11)22-18(24)23(2)10-12-7-8-14(25-3)13(19)9-12/h4-9,17H,10H2,1-3H3,(H,22,24). The molecule has 2 aromatic carbocycles. The Hall–Kier alpha value is -2.90. The van der Waals surface area contributed by atoms with Crippen molar-refractivity contribution in [2.45, 2.75) is 20.1 Å². The lowest BCUT2D eigenvalue weighted by atomic mass is 10.2. The predicted octanol–water partition coefficient (Wildman–Crippen LogP) is 4.41. The van der Waals surface area contributed by atoms with Gasteiger partial charge in [0.05, 0.1) is 12.8 Å². The van der Waals surface area contributed by atoms with Gasteiger partial charge in [0.2, 0.25) is 0 Å². The van der Waals surface area contributed by atoms with Crippen LogP contribution in [-0.4, -0.2) is 31.7 Å². The number of para-hydroxylation sites is 1. The number of hydrogen-bond donors (Lipinski definition) is 1. The fraction of sp³-hybridized carbons (Fsp3) is 0.278. The van der Waals surface area contributed by atoms with Crippen molar-refractivity contribution in [1.29, 1.82) is 0 Å². The molecule has 0 saturated heterocycles. The smallest absolute Gasteiger partial charge is 0.387 e. The molecule has 0 aliphatic heterocycles. The van der Waals surface area contributed by atoms with Crippen LogP contribution in [0, 0.1) is 12.7 Å². The number of amides is 2. The summed E-state index contributed by atoms with van der Waals surface area (Å²) in [4.78, 5) is 13.7. The molecule has 8 heteroatoms. The van der Waals surface area contributed by atoms with Gasteiger partial charge >= 0.3 is 12.6 Å². The normalized spacial score (nSPS) is 10.6. The molecule has 0 spiro atoms. The topological polar surface area (TPSA) is 50.8 Å². The summed E-state index contributed by atoms with van der Waals surface area (Å²) in [6, 6.07) is 8.36. The molecule has 0 saturated carbocycles. The van der Waals surface area contributed by atoms with Gasteiger partial charge in [-0.05, 0) is 36.2 Å². The quantitative estimate of drug-likeness (QED) is 0.822. The largest absolute Gasteiger partial charge is 0.494 e. The third-order valence-corrected chi connectivity index (χ3v) is 3.67. The maximum Gasteiger partial charge on any atom is 0.387 e. The molecule has 26 heavy (non-hydrogen) atoms. The van der Waals surface area contributed by atoms with E-state index in [1.54, 1.807) is 25.1 Å². The Bertz CT molecular complexity index is 784. The number of nitrogens with one attached hydrogen (secondary N) is 1. The first-order chi connectivity index (χ1) is 12.3. The molecule has 0 bridgehead atoms. The fourth-order valence-corrected chi connectivity index (χ4v) is 2.35. The minimum absolute atomic E-state index is 0.106. The molecular weight excluding hydrogens is 349 g/mol. The summed E-state index contributed by atoms with van der Waals surface area (Å²) < 4.78 is 48.1. The second-order valence-corrected chi connectivity index (χ2v) is 5.58. The van der Waals surface area contributed by atoms with Crippen molar-refractivity contribution in [3.05, 3.63) is 53.3 Å². The number of halogens is 3. The number of anilines is 1. The number of urea groups is 1. The molecule has 0 unspecified atom stereocenters. The summed E-state index contributed by atoms with van der Waals surface area (Å²) >= 11 is 0. The minimum Gasteiger partial charge on any atom is -0.494 e. The molecule has 2 amide bonds. The number of rotatable bonds is 6. The van der Waals surface area contributed by atoms with Gasteiger partial charge in [0, 0.05) is 13.6 Å². The SMILES string of the molecule is COc1ccc(CN(C)C(=O)Nc2c(C)cccc2OC(F)F)cc1F. The Kier molecular flexibility index (Phi) is 6.32. The van der Waals surface area contributed by atoms with Gasteiger partial charge in [-0.15, -0.1) is 0 Å². The van der Waals surface area contributed by atoms with Crippen LogP contribution in [0.5, 0.6) is 11.5 Å². The second-order valence-electron chi connectivity index (χ2n) is 5.58. The number of carbonyl (C=O) groups is 1. The van der Waals surface area contributed by atoms with E-state index < -0.39 is 18.5 Å². The van der Waals surface area contributed by atoms with E-state index in [4.69, 9.17) is 4.74 Å². The molecule has 0 heterocycles. The van der Waals surface area contributed by atoms with Gasteiger partial charge in [-0.2, -0.15) is 8.78 Å². The highest BCUT2D eigenvalue weighted by Crippen LogP contribution is 2.29. The zero-order chi connectivity index (χ0) is 19.3. The second kappa shape index (κ2) is 8.46. The highest BCUT2D eigenvalue weighted by molar-refractivity contribution is 5.91. The summed E-state index contributed by atoms with van der Waals surface area (Å²) in [6.07, 6.45) is 0. The number of carbonyl (C=O) groups excluding carboxylic acids is 1. The lowest BCUT2D eigenvalue weighted by Gasteiger charge is -2.20. The summed E-state index contributed by atoms with van der Waals surface area (Å²) in [5.74, 6) is -0.558. The monoisotopic (exact) mass is 368 g/mol. The molecule has 0 aliphatic carbocycles. The van der Waals surface area contributed by atoms with Crippen molar-refractivity contribution in [2.24, 2.45) is 0 Å². The Morgan fingerprint density at radius 1 is 1.23 bits per heavy atom. The zero-order valence-electron chi connectivity index (χ0n) is 14.6. The maximum absolute atomic E-state index is 13.7. The molecule has 1 N–H and O–H groups in total. The molecule has 0 aliphatic rings. The highest BCUT2D eigenvalue weighted by atomic mass is 19.3. The molecule has 2 aromatic rings. The van der Waals surface area contributed by atoms with Crippen molar-refractivity contribution in [3.63, 3.8) is 0 Å². The van der Waals surface area contributed by atoms with E-state index in [0.717, 1.165) is 0 Å². The molecule has 140 valence electrons. The first-order valence-electron chi connectivity index (χ1n) is 7.70. The molecular formula is C18H19F3N2O3. The van der Waals surface area contributed by atoms with Gasteiger partial charge in [0.1, 0.15) is 5.75 Å².